The third kappa shape index (κ3) is 4.11. The van der Waals surface area contributed by atoms with Gasteiger partial charge in [-0.25, -0.2) is 4.79 Å². The molecule has 25 heavy (non-hydrogen) atoms. The largest absolute Gasteiger partial charge is 0.507 e. The number of hydrogen-bond donors (Lipinski definition) is 1. The van der Waals surface area contributed by atoms with Gasteiger partial charge in [0.25, 0.3) is 0 Å². The second kappa shape index (κ2) is 7.57. The normalized spacial score (nSPS) is 13.0. The Morgan fingerprint density at radius 2 is 1.84 bits per heavy atom. The maximum absolute atomic E-state index is 12.3. The van der Waals surface area contributed by atoms with Crippen LogP contribution in [0.15, 0.2) is 40.9 Å². The summed E-state index contributed by atoms with van der Waals surface area (Å²) in [5.41, 5.74) is 0.344. The molecular formula is C18H15BrO6. The molecule has 0 radical (unpaired) electrons. The highest BCUT2D eigenvalue weighted by atomic mass is 79.9. The number of halogens is 1. The second-order valence-corrected chi connectivity index (χ2v) is 6.29. The predicted molar refractivity (Wildman–Crippen MR) is 92.5 cm³/mol. The molecule has 0 spiro atoms. The zero-order valence-corrected chi connectivity index (χ0v) is 14.7. The molecule has 130 valence electrons. The minimum Gasteiger partial charge on any atom is -0.507 e. The van der Waals surface area contributed by atoms with Crippen LogP contribution in [0.1, 0.15) is 27.1 Å². The molecule has 0 saturated carbocycles. The molecule has 1 aliphatic heterocycles. The first-order valence-electron chi connectivity index (χ1n) is 7.63. The van der Waals surface area contributed by atoms with Crippen molar-refractivity contribution in [1.82, 2.24) is 0 Å². The SMILES string of the molecule is O=C(COC(=O)c1cc(Br)ccc1O)c1ccc2c(c1)OCCCO2. The van der Waals surface area contributed by atoms with E-state index in [0.717, 1.165) is 6.42 Å². The van der Waals surface area contributed by atoms with E-state index in [0.29, 0.717) is 34.7 Å². The van der Waals surface area contributed by atoms with E-state index >= 15 is 0 Å². The molecule has 0 unspecified atom stereocenters. The molecule has 0 atom stereocenters. The monoisotopic (exact) mass is 406 g/mol. The number of ketones is 1. The van der Waals surface area contributed by atoms with E-state index in [1.54, 1.807) is 24.3 Å². The Hall–Kier alpha value is -2.54. The summed E-state index contributed by atoms with van der Waals surface area (Å²) < 4.78 is 16.7. The fourth-order valence-corrected chi connectivity index (χ4v) is 2.66. The number of esters is 1. The van der Waals surface area contributed by atoms with Crippen molar-refractivity contribution in [2.45, 2.75) is 6.42 Å². The van der Waals surface area contributed by atoms with Gasteiger partial charge < -0.3 is 19.3 Å². The van der Waals surface area contributed by atoms with Gasteiger partial charge in [0.15, 0.2) is 23.9 Å². The first-order chi connectivity index (χ1) is 12.0. The number of aromatic hydroxyl groups is 1. The zero-order valence-electron chi connectivity index (χ0n) is 13.2. The van der Waals surface area contributed by atoms with E-state index in [1.807, 2.05) is 0 Å². The minimum absolute atomic E-state index is 0.0131. The summed E-state index contributed by atoms with van der Waals surface area (Å²) >= 11 is 3.21. The van der Waals surface area contributed by atoms with Crippen molar-refractivity contribution in [2.75, 3.05) is 19.8 Å². The van der Waals surface area contributed by atoms with Gasteiger partial charge in [-0.05, 0) is 36.4 Å². The topological polar surface area (TPSA) is 82.1 Å². The first-order valence-corrected chi connectivity index (χ1v) is 8.42. The van der Waals surface area contributed by atoms with Crippen molar-refractivity contribution >= 4 is 27.7 Å². The van der Waals surface area contributed by atoms with Crippen LogP contribution in [0.5, 0.6) is 17.2 Å². The van der Waals surface area contributed by atoms with E-state index in [4.69, 9.17) is 14.2 Å². The molecule has 1 N–H and O–H groups in total. The van der Waals surface area contributed by atoms with Crippen molar-refractivity contribution in [3.8, 4) is 17.2 Å². The van der Waals surface area contributed by atoms with Gasteiger partial charge >= 0.3 is 5.97 Å². The number of hydrogen-bond acceptors (Lipinski definition) is 6. The number of phenolic OH excluding ortho intramolecular Hbond substituents is 1. The van der Waals surface area contributed by atoms with Crippen molar-refractivity contribution in [1.29, 1.82) is 0 Å². The Morgan fingerprint density at radius 3 is 2.64 bits per heavy atom. The summed E-state index contributed by atoms with van der Waals surface area (Å²) in [5.74, 6) is -0.277. The van der Waals surface area contributed by atoms with Crippen molar-refractivity contribution in [3.05, 3.63) is 52.0 Å². The van der Waals surface area contributed by atoms with E-state index in [1.165, 1.54) is 12.1 Å². The third-order valence-corrected chi connectivity index (χ3v) is 4.08. The molecule has 2 aromatic rings. The number of rotatable bonds is 4. The lowest BCUT2D eigenvalue weighted by Crippen LogP contribution is -2.14. The molecule has 0 fully saturated rings. The quantitative estimate of drug-likeness (QED) is 0.619. The Morgan fingerprint density at radius 1 is 1.08 bits per heavy atom. The standard InChI is InChI=1S/C18H15BrO6/c19-12-3-4-14(20)13(9-12)18(22)25-10-15(21)11-2-5-16-17(8-11)24-7-1-6-23-16/h2-5,8-9,20H,1,6-7,10H2. The summed E-state index contributed by atoms with van der Waals surface area (Å²) in [4.78, 5) is 24.3. The average Bonchev–Trinajstić information content (AvgIpc) is 2.86. The molecule has 0 amide bonds. The molecule has 0 saturated heterocycles. The Balaban J connectivity index is 1.67. The molecule has 0 bridgehead atoms. The number of ether oxygens (including phenoxy) is 3. The number of benzene rings is 2. The van der Waals surface area contributed by atoms with Crippen LogP contribution < -0.4 is 9.47 Å². The first kappa shape index (κ1) is 17.3. The van der Waals surface area contributed by atoms with E-state index < -0.39 is 12.6 Å². The maximum atomic E-state index is 12.3. The lowest BCUT2D eigenvalue weighted by atomic mass is 10.1. The van der Waals surface area contributed by atoms with Crippen LogP contribution >= 0.6 is 15.9 Å². The van der Waals surface area contributed by atoms with Crippen LogP contribution in [0.3, 0.4) is 0 Å². The minimum atomic E-state index is -0.776. The van der Waals surface area contributed by atoms with Gasteiger partial charge in [0.2, 0.25) is 0 Å². The van der Waals surface area contributed by atoms with Crippen molar-refractivity contribution in [3.63, 3.8) is 0 Å². The summed E-state index contributed by atoms with van der Waals surface area (Å²) in [6.07, 6.45) is 0.770. The number of carbonyl (C=O) groups is 2. The van der Waals surface area contributed by atoms with Gasteiger partial charge in [-0.2, -0.15) is 0 Å². The third-order valence-electron chi connectivity index (χ3n) is 3.58. The van der Waals surface area contributed by atoms with Crippen LogP contribution in [0.25, 0.3) is 0 Å². The number of Topliss-reactive ketones (excluding diaryl/α,β-unsaturated/α-hetero) is 1. The van der Waals surface area contributed by atoms with Crippen LogP contribution in [-0.4, -0.2) is 36.7 Å². The summed E-state index contributed by atoms with van der Waals surface area (Å²) in [6, 6.07) is 9.22. The fourth-order valence-electron chi connectivity index (χ4n) is 2.30. The molecule has 1 heterocycles. The molecular weight excluding hydrogens is 392 g/mol. The lowest BCUT2D eigenvalue weighted by Gasteiger charge is -2.09. The highest BCUT2D eigenvalue weighted by Crippen LogP contribution is 2.30. The Bertz CT molecular complexity index is 817. The van der Waals surface area contributed by atoms with Gasteiger partial charge in [-0.3, -0.25) is 4.79 Å². The van der Waals surface area contributed by atoms with Crippen LogP contribution in [-0.2, 0) is 4.74 Å². The summed E-state index contributed by atoms with van der Waals surface area (Å²) in [5, 5.41) is 9.71. The van der Waals surface area contributed by atoms with Crippen LogP contribution in [0.4, 0.5) is 0 Å². The molecule has 2 aromatic carbocycles. The predicted octanol–water partition coefficient (Wildman–Crippen LogP) is 3.36. The molecule has 0 aliphatic carbocycles. The van der Waals surface area contributed by atoms with Crippen molar-refractivity contribution in [2.24, 2.45) is 0 Å². The smallest absolute Gasteiger partial charge is 0.342 e. The molecule has 0 aromatic heterocycles. The Kier molecular flexibility index (Phi) is 5.23. The number of carbonyl (C=O) groups excluding carboxylic acids is 2. The van der Waals surface area contributed by atoms with Gasteiger partial charge in [0.05, 0.1) is 13.2 Å². The second-order valence-electron chi connectivity index (χ2n) is 5.37. The summed E-state index contributed by atoms with van der Waals surface area (Å²) in [7, 11) is 0. The van der Waals surface area contributed by atoms with Crippen molar-refractivity contribution < 1.29 is 28.9 Å². The molecule has 3 rings (SSSR count). The molecule has 7 heteroatoms. The van der Waals surface area contributed by atoms with Gasteiger partial charge in [-0.1, -0.05) is 15.9 Å². The Labute approximate surface area is 152 Å². The van der Waals surface area contributed by atoms with E-state index in [-0.39, 0.29) is 17.1 Å². The zero-order chi connectivity index (χ0) is 17.8. The average molecular weight is 407 g/mol. The van der Waals surface area contributed by atoms with Gasteiger partial charge in [-0.15, -0.1) is 0 Å². The van der Waals surface area contributed by atoms with Crippen LogP contribution in [0.2, 0.25) is 0 Å². The molecule has 6 nitrogen and oxygen atoms in total. The van der Waals surface area contributed by atoms with Crippen LogP contribution in [0, 0.1) is 0 Å². The highest BCUT2D eigenvalue weighted by molar-refractivity contribution is 9.10. The fraction of sp³-hybridized carbons (Fsp3) is 0.222. The highest BCUT2D eigenvalue weighted by Gasteiger charge is 2.18. The molecule has 1 aliphatic rings. The lowest BCUT2D eigenvalue weighted by molar-refractivity contribution is 0.0471. The van der Waals surface area contributed by atoms with Gasteiger partial charge in [0, 0.05) is 16.5 Å². The van der Waals surface area contributed by atoms with E-state index in [2.05, 4.69) is 15.9 Å². The summed E-state index contributed by atoms with van der Waals surface area (Å²) in [6.45, 7) is 0.639. The maximum Gasteiger partial charge on any atom is 0.342 e. The van der Waals surface area contributed by atoms with Gasteiger partial charge in [0.1, 0.15) is 11.3 Å². The number of phenols is 1. The number of fused-ring (bicyclic) bond motifs is 1. The van der Waals surface area contributed by atoms with E-state index in [9.17, 15) is 14.7 Å².